The van der Waals surface area contributed by atoms with Crippen molar-refractivity contribution in [2.45, 2.75) is 31.9 Å². The second-order valence-corrected chi connectivity index (χ2v) is 4.81. The second-order valence-electron chi connectivity index (χ2n) is 4.81. The molecule has 1 atom stereocenters. The lowest BCUT2D eigenvalue weighted by molar-refractivity contribution is -0.189. The van der Waals surface area contributed by atoms with E-state index >= 15 is 0 Å². The number of ketones is 1. The van der Waals surface area contributed by atoms with Gasteiger partial charge in [0.25, 0.3) is 0 Å². The number of rotatable bonds is 1. The number of hydrogen-bond donors (Lipinski definition) is 0. The number of likely N-dealkylation sites (tertiary alicyclic amines) is 1. The molecule has 0 spiro atoms. The van der Waals surface area contributed by atoms with Gasteiger partial charge in [0.2, 0.25) is 5.91 Å². The van der Waals surface area contributed by atoms with E-state index in [9.17, 15) is 22.8 Å². The number of piperidine rings is 1. The molecule has 6 heteroatoms. The number of carbonyl (C=O) groups excluding carboxylic acids is 2. The Balaban J connectivity index is 1.93. The van der Waals surface area contributed by atoms with E-state index in [1.807, 2.05) is 0 Å². The Bertz CT molecular complexity index is 332. The lowest BCUT2D eigenvalue weighted by Crippen LogP contribution is -2.49. The number of alkyl halides is 3. The van der Waals surface area contributed by atoms with Crippen LogP contribution in [0.1, 0.15) is 25.7 Å². The van der Waals surface area contributed by atoms with E-state index in [0.29, 0.717) is 13.0 Å². The molecule has 1 amide bonds. The predicted octanol–water partition coefficient (Wildman–Crippen LogP) is 1.77. The van der Waals surface area contributed by atoms with Crippen LogP contribution in [0, 0.1) is 11.8 Å². The van der Waals surface area contributed by atoms with Crippen LogP contribution in [0.4, 0.5) is 13.2 Å². The van der Waals surface area contributed by atoms with Gasteiger partial charge in [-0.1, -0.05) is 0 Å². The number of halogens is 3. The average molecular weight is 249 g/mol. The van der Waals surface area contributed by atoms with E-state index in [0.717, 1.165) is 0 Å². The predicted molar refractivity (Wildman–Crippen MR) is 53.1 cm³/mol. The van der Waals surface area contributed by atoms with Crippen molar-refractivity contribution in [2.75, 3.05) is 13.1 Å². The summed E-state index contributed by atoms with van der Waals surface area (Å²) in [5.41, 5.74) is 0. The smallest absolute Gasteiger partial charge is 0.342 e. The van der Waals surface area contributed by atoms with Crippen LogP contribution in [0.2, 0.25) is 0 Å². The SMILES string of the molecule is O=C1CC(C(=O)N2CCCC(C(F)(F)F)C2)C1. The minimum Gasteiger partial charge on any atom is -0.342 e. The van der Waals surface area contributed by atoms with E-state index in [1.165, 1.54) is 4.90 Å². The molecule has 0 bridgehead atoms. The first-order chi connectivity index (χ1) is 7.88. The molecule has 0 radical (unpaired) electrons. The summed E-state index contributed by atoms with van der Waals surface area (Å²) in [6.07, 6.45) is -3.35. The van der Waals surface area contributed by atoms with Gasteiger partial charge in [0, 0.05) is 25.9 Å². The molecule has 3 nitrogen and oxygen atoms in total. The largest absolute Gasteiger partial charge is 0.393 e. The Morgan fingerprint density at radius 1 is 1.29 bits per heavy atom. The lowest BCUT2D eigenvalue weighted by Gasteiger charge is -2.37. The van der Waals surface area contributed by atoms with Gasteiger partial charge in [-0.25, -0.2) is 0 Å². The molecule has 0 N–H and O–H groups in total. The first kappa shape index (κ1) is 12.4. The molecule has 1 aliphatic heterocycles. The third-order valence-electron chi connectivity index (χ3n) is 3.49. The van der Waals surface area contributed by atoms with E-state index in [4.69, 9.17) is 0 Å². The third-order valence-corrected chi connectivity index (χ3v) is 3.49. The van der Waals surface area contributed by atoms with Gasteiger partial charge in [-0.3, -0.25) is 9.59 Å². The molecule has 1 heterocycles. The highest BCUT2D eigenvalue weighted by atomic mass is 19.4. The summed E-state index contributed by atoms with van der Waals surface area (Å²) in [6, 6.07) is 0. The van der Waals surface area contributed by atoms with Gasteiger partial charge in [0.15, 0.2) is 0 Å². The zero-order chi connectivity index (χ0) is 12.6. The van der Waals surface area contributed by atoms with E-state index < -0.39 is 12.1 Å². The van der Waals surface area contributed by atoms with Gasteiger partial charge in [0.1, 0.15) is 5.78 Å². The Labute approximate surface area is 97.0 Å². The van der Waals surface area contributed by atoms with Crippen LogP contribution >= 0.6 is 0 Å². The van der Waals surface area contributed by atoms with Crippen LogP contribution in [0.15, 0.2) is 0 Å². The van der Waals surface area contributed by atoms with Crippen LogP contribution in [0.3, 0.4) is 0 Å². The van der Waals surface area contributed by atoms with Crippen LogP contribution in [0.25, 0.3) is 0 Å². The van der Waals surface area contributed by atoms with Crippen LogP contribution < -0.4 is 0 Å². The van der Waals surface area contributed by atoms with Crippen molar-refractivity contribution in [1.82, 2.24) is 4.90 Å². The molecular formula is C11H14F3NO2. The summed E-state index contributed by atoms with van der Waals surface area (Å²) in [4.78, 5) is 23.9. The highest BCUT2D eigenvalue weighted by Gasteiger charge is 2.44. The summed E-state index contributed by atoms with van der Waals surface area (Å²) >= 11 is 0. The topological polar surface area (TPSA) is 37.4 Å². The van der Waals surface area contributed by atoms with Crippen LogP contribution in [-0.4, -0.2) is 35.9 Å². The fourth-order valence-corrected chi connectivity index (χ4v) is 2.37. The molecule has 17 heavy (non-hydrogen) atoms. The third kappa shape index (κ3) is 2.61. The number of carbonyl (C=O) groups is 2. The lowest BCUT2D eigenvalue weighted by atomic mass is 9.82. The monoisotopic (exact) mass is 249 g/mol. The minimum absolute atomic E-state index is 0.0210. The van der Waals surface area contributed by atoms with Crippen molar-refractivity contribution in [1.29, 1.82) is 0 Å². The molecule has 96 valence electrons. The molecule has 1 aliphatic carbocycles. The fraction of sp³-hybridized carbons (Fsp3) is 0.818. The summed E-state index contributed by atoms with van der Waals surface area (Å²) in [7, 11) is 0. The van der Waals surface area contributed by atoms with Crippen molar-refractivity contribution in [3.8, 4) is 0 Å². The molecule has 2 rings (SSSR count). The number of nitrogens with zero attached hydrogens (tertiary/aromatic N) is 1. The van der Waals surface area contributed by atoms with Gasteiger partial charge in [-0.15, -0.1) is 0 Å². The Morgan fingerprint density at radius 2 is 1.94 bits per heavy atom. The minimum atomic E-state index is -4.23. The van der Waals surface area contributed by atoms with Crippen molar-refractivity contribution in [3.05, 3.63) is 0 Å². The maximum absolute atomic E-state index is 12.5. The zero-order valence-corrected chi connectivity index (χ0v) is 9.29. The molecule has 2 fully saturated rings. The summed E-state index contributed by atoms with van der Waals surface area (Å²) < 4.78 is 37.6. The molecule has 1 saturated carbocycles. The van der Waals surface area contributed by atoms with Crippen LogP contribution in [0.5, 0.6) is 0 Å². The van der Waals surface area contributed by atoms with Gasteiger partial charge in [-0.2, -0.15) is 13.2 Å². The van der Waals surface area contributed by atoms with Crippen molar-refractivity contribution in [3.63, 3.8) is 0 Å². The maximum atomic E-state index is 12.5. The van der Waals surface area contributed by atoms with Gasteiger partial charge < -0.3 is 4.90 Å². The first-order valence-corrected chi connectivity index (χ1v) is 5.75. The molecule has 1 saturated heterocycles. The highest BCUT2D eigenvalue weighted by Crippen LogP contribution is 2.34. The number of hydrogen-bond acceptors (Lipinski definition) is 2. The van der Waals surface area contributed by atoms with Gasteiger partial charge >= 0.3 is 6.18 Å². The quantitative estimate of drug-likeness (QED) is 0.710. The standard InChI is InChI=1S/C11H14F3NO2/c12-11(13,14)8-2-1-3-15(6-8)10(17)7-4-9(16)5-7/h7-8H,1-6H2. The van der Waals surface area contributed by atoms with E-state index in [-0.39, 0.29) is 43.4 Å². The normalized spacial score (nSPS) is 26.9. The number of Topliss-reactive ketones (excluding diaryl/α,β-unsaturated/α-hetero) is 1. The maximum Gasteiger partial charge on any atom is 0.393 e. The van der Waals surface area contributed by atoms with Gasteiger partial charge in [0.05, 0.1) is 11.8 Å². The first-order valence-electron chi connectivity index (χ1n) is 5.75. The van der Waals surface area contributed by atoms with Crippen LogP contribution in [-0.2, 0) is 9.59 Å². The van der Waals surface area contributed by atoms with E-state index in [2.05, 4.69) is 0 Å². The van der Waals surface area contributed by atoms with E-state index in [1.54, 1.807) is 0 Å². The summed E-state index contributed by atoms with van der Waals surface area (Å²) in [5, 5.41) is 0. The molecule has 0 aromatic carbocycles. The molecular weight excluding hydrogens is 235 g/mol. The van der Waals surface area contributed by atoms with Crippen molar-refractivity contribution < 1.29 is 22.8 Å². The second kappa shape index (κ2) is 4.31. The number of amides is 1. The molecule has 1 unspecified atom stereocenters. The summed E-state index contributed by atoms with van der Waals surface area (Å²) in [6.45, 7) is 0.142. The Kier molecular flexibility index (Phi) is 3.14. The zero-order valence-electron chi connectivity index (χ0n) is 9.29. The molecule has 0 aromatic heterocycles. The Morgan fingerprint density at radius 3 is 2.47 bits per heavy atom. The van der Waals surface area contributed by atoms with Crippen molar-refractivity contribution >= 4 is 11.7 Å². The molecule has 0 aromatic rings. The highest BCUT2D eigenvalue weighted by molar-refractivity contribution is 5.96. The Hall–Kier alpha value is -1.07. The fourth-order valence-electron chi connectivity index (χ4n) is 2.37. The van der Waals surface area contributed by atoms with Crippen molar-refractivity contribution in [2.24, 2.45) is 11.8 Å². The average Bonchev–Trinajstić information content (AvgIpc) is 2.23. The molecule has 2 aliphatic rings. The van der Waals surface area contributed by atoms with Gasteiger partial charge in [-0.05, 0) is 12.8 Å². The summed E-state index contributed by atoms with van der Waals surface area (Å²) in [5.74, 6) is -2.03.